The van der Waals surface area contributed by atoms with E-state index in [1.165, 1.54) is 36.8 Å². The molecule has 0 unspecified atom stereocenters. The molecule has 3 heteroatoms. The highest BCUT2D eigenvalue weighted by Crippen LogP contribution is 2.35. The van der Waals surface area contributed by atoms with Gasteiger partial charge in [0.2, 0.25) is 6.41 Å². The Morgan fingerprint density at radius 2 is 1.95 bits per heavy atom. The van der Waals surface area contributed by atoms with Crippen LogP contribution in [0.1, 0.15) is 37.7 Å². The molecule has 1 amide bonds. The van der Waals surface area contributed by atoms with E-state index >= 15 is 0 Å². The van der Waals surface area contributed by atoms with E-state index in [-0.39, 0.29) is 6.04 Å². The predicted molar refractivity (Wildman–Crippen MR) is 83.4 cm³/mol. The number of methoxy groups -OCH3 is 1. The van der Waals surface area contributed by atoms with Gasteiger partial charge in [0.1, 0.15) is 5.75 Å². The van der Waals surface area contributed by atoms with Gasteiger partial charge in [-0.15, -0.1) is 0 Å². The molecular formula is C18H23NO2. The zero-order chi connectivity index (χ0) is 14.7. The van der Waals surface area contributed by atoms with Gasteiger partial charge >= 0.3 is 0 Å². The summed E-state index contributed by atoms with van der Waals surface area (Å²) in [6.07, 6.45) is 8.02. The number of ether oxygens (including phenoxy) is 1. The second-order valence-corrected chi connectivity index (χ2v) is 6.00. The summed E-state index contributed by atoms with van der Waals surface area (Å²) in [6.45, 7) is 0.878. The van der Waals surface area contributed by atoms with Crippen LogP contribution in [0.2, 0.25) is 0 Å². The van der Waals surface area contributed by atoms with Crippen molar-refractivity contribution < 1.29 is 9.53 Å². The van der Waals surface area contributed by atoms with E-state index < -0.39 is 0 Å². The molecule has 0 saturated heterocycles. The topological polar surface area (TPSA) is 29.5 Å². The fourth-order valence-corrected chi connectivity index (χ4v) is 3.65. The van der Waals surface area contributed by atoms with Crippen molar-refractivity contribution in [2.24, 2.45) is 0 Å². The van der Waals surface area contributed by atoms with E-state index in [0.717, 1.165) is 31.5 Å². The Bertz CT molecular complexity index is 533. The molecular weight excluding hydrogens is 262 g/mol. The first-order chi connectivity index (χ1) is 10.3. The summed E-state index contributed by atoms with van der Waals surface area (Å²) in [5.74, 6) is 0.882. The van der Waals surface area contributed by atoms with E-state index in [1.54, 1.807) is 12.7 Å². The highest BCUT2D eigenvalue weighted by Gasteiger charge is 2.29. The van der Waals surface area contributed by atoms with Crippen molar-refractivity contribution in [3.8, 4) is 5.75 Å². The number of nitrogens with zero attached hydrogens (tertiary/aromatic N) is 1. The summed E-state index contributed by atoms with van der Waals surface area (Å²) in [6, 6.07) is 8.48. The Morgan fingerprint density at radius 1 is 1.19 bits per heavy atom. The fourth-order valence-electron chi connectivity index (χ4n) is 3.65. The average Bonchev–Trinajstić information content (AvgIpc) is 2.56. The lowest BCUT2D eigenvalue weighted by atomic mass is 9.80. The molecule has 1 aromatic carbocycles. The number of hydrogen-bond acceptors (Lipinski definition) is 2. The molecule has 1 aliphatic carbocycles. The van der Waals surface area contributed by atoms with Gasteiger partial charge in [-0.2, -0.15) is 0 Å². The zero-order valence-corrected chi connectivity index (χ0v) is 12.7. The third-order valence-electron chi connectivity index (χ3n) is 4.83. The SMILES string of the molecule is COc1ccc(C[C@H]2C3=C(CCCC3)CCN2C=O)cc1. The molecule has 1 atom stereocenters. The highest BCUT2D eigenvalue weighted by molar-refractivity contribution is 5.51. The molecule has 0 saturated carbocycles. The maximum Gasteiger partial charge on any atom is 0.210 e. The lowest BCUT2D eigenvalue weighted by molar-refractivity contribution is -0.119. The highest BCUT2D eigenvalue weighted by atomic mass is 16.5. The second-order valence-electron chi connectivity index (χ2n) is 6.00. The smallest absolute Gasteiger partial charge is 0.210 e. The van der Waals surface area contributed by atoms with E-state index in [2.05, 4.69) is 12.1 Å². The molecule has 3 rings (SSSR count). The fraction of sp³-hybridized carbons (Fsp3) is 0.500. The minimum Gasteiger partial charge on any atom is -0.497 e. The van der Waals surface area contributed by atoms with Crippen LogP contribution in [0.4, 0.5) is 0 Å². The first-order valence-corrected chi connectivity index (χ1v) is 7.86. The predicted octanol–water partition coefficient (Wildman–Crippen LogP) is 3.34. The summed E-state index contributed by atoms with van der Waals surface area (Å²) >= 11 is 0. The largest absolute Gasteiger partial charge is 0.497 e. The molecule has 3 nitrogen and oxygen atoms in total. The van der Waals surface area contributed by atoms with Crippen molar-refractivity contribution in [3.05, 3.63) is 41.0 Å². The zero-order valence-electron chi connectivity index (χ0n) is 12.7. The second kappa shape index (κ2) is 6.33. The van der Waals surface area contributed by atoms with Crippen LogP contribution in [0.15, 0.2) is 35.4 Å². The van der Waals surface area contributed by atoms with Crippen LogP contribution in [-0.4, -0.2) is 31.0 Å². The molecule has 2 aliphatic rings. The summed E-state index contributed by atoms with van der Waals surface area (Å²) in [7, 11) is 1.68. The molecule has 21 heavy (non-hydrogen) atoms. The molecule has 0 bridgehead atoms. The van der Waals surface area contributed by atoms with Gasteiger partial charge < -0.3 is 9.64 Å². The Balaban J connectivity index is 1.83. The molecule has 0 fully saturated rings. The lowest BCUT2D eigenvalue weighted by Gasteiger charge is -2.39. The molecule has 0 radical (unpaired) electrons. The molecule has 112 valence electrons. The number of rotatable bonds is 4. The van der Waals surface area contributed by atoms with Gasteiger partial charge in [-0.25, -0.2) is 0 Å². The Morgan fingerprint density at radius 3 is 2.67 bits per heavy atom. The van der Waals surface area contributed by atoms with E-state index in [9.17, 15) is 4.79 Å². The van der Waals surface area contributed by atoms with Gasteiger partial charge in [-0.3, -0.25) is 4.79 Å². The maximum atomic E-state index is 11.4. The molecule has 1 heterocycles. The molecule has 0 aromatic heterocycles. The van der Waals surface area contributed by atoms with Crippen LogP contribution >= 0.6 is 0 Å². The quantitative estimate of drug-likeness (QED) is 0.627. The van der Waals surface area contributed by atoms with E-state index in [4.69, 9.17) is 4.74 Å². The number of hydrogen-bond donors (Lipinski definition) is 0. The van der Waals surface area contributed by atoms with Gasteiger partial charge in [0.15, 0.2) is 0 Å². The number of carbonyl (C=O) groups is 1. The van der Waals surface area contributed by atoms with Gasteiger partial charge in [-0.05, 0) is 61.8 Å². The van der Waals surface area contributed by atoms with Gasteiger partial charge in [0, 0.05) is 6.54 Å². The first kappa shape index (κ1) is 14.2. The van der Waals surface area contributed by atoms with Crippen LogP contribution in [0, 0.1) is 0 Å². The van der Waals surface area contributed by atoms with Gasteiger partial charge in [0.05, 0.1) is 13.2 Å². The lowest BCUT2D eigenvalue weighted by Crippen LogP contribution is -2.42. The summed E-state index contributed by atoms with van der Waals surface area (Å²) < 4.78 is 5.21. The van der Waals surface area contributed by atoms with Crippen molar-refractivity contribution in [3.63, 3.8) is 0 Å². The first-order valence-electron chi connectivity index (χ1n) is 7.86. The summed E-state index contributed by atoms with van der Waals surface area (Å²) in [4.78, 5) is 13.4. The van der Waals surface area contributed by atoms with Gasteiger partial charge in [0.25, 0.3) is 0 Å². The van der Waals surface area contributed by atoms with Crippen LogP contribution in [0.5, 0.6) is 5.75 Å². The molecule has 1 aromatic rings. The van der Waals surface area contributed by atoms with Crippen LogP contribution in [-0.2, 0) is 11.2 Å². The van der Waals surface area contributed by atoms with Crippen LogP contribution in [0.25, 0.3) is 0 Å². The van der Waals surface area contributed by atoms with E-state index in [0.29, 0.717) is 0 Å². The Labute approximate surface area is 126 Å². The van der Waals surface area contributed by atoms with Gasteiger partial charge in [-0.1, -0.05) is 17.7 Å². The monoisotopic (exact) mass is 285 g/mol. The standard InChI is InChI=1S/C18H23NO2/c1-21-16-8-6-14(7-9-16)12-18-17-5-3-2-4-15(17)10-11-19(18)13-20/h6-9,13,18H,2-5,10-12H2,1H3/t18-/m0/s1. The van der Waals surface area contributed by atoms with Crippen molar-refractivity contribution in [1.82, 2.24) is 4.90 Å². The maximum absolute atomic E-state index is 11.4. The summed E-state index contributed by atoms with van der Waals surface area (Å²) in [5, 5.41) is 0. The Kier molecular flexibility index (Phi) is 4.28. The summed E-state index contributed by atoms with van der Waals surface area (Å²) in [5.41, 5.74) is 4.43. The molecule has 0 spiro atoms. The minimum absolute atomic E-state index is 0.264. The van der Waals surface area contributed by atoms with Crippen molar-refractivity contribution in [2.75, 3.05) is 13.7 Å². The van der Waals surface area contributed by atoms with Crippen molar-refractivity contribution in [2.45, 2.75) is 44.6 Å². The number of carbonyl (C=O) groups excluding carboxylic acids is 1. The Hall–Kier alpha value is -1.77. The third kappa shape index (κ3) is 2.97. The minimum atomic E-state index is 0.264. The van der Waals surface area contributed by atoms with E-state index in [1.807, 2.05) is 17.0 Å². The normalized spacial score (nSPS) is 22.0. The van der Waals surface area contributed by atoms with Crippen LogP contribution in [0.3, 0.4) is 0 Å². The van der Waals surface area contributed by atoms with Crippen molar-refractivity contribution >= 4 is 6.41 Å². The third-order valence-corrected chi connectivity index (χ3v) is 4.83. The molecule has 1 aliphatic heterocycles. The van der Waals surface area contributed by atoms with Crippen molar-refractivity contribution in [1.29, 1.82) is 0 Å². The number of benzene rings is 1. The van der Waals surface area contributed by atoms with Crippen LogP contribution < -0.4 is 4.74 Å². The molecule has 0 N–H and O–H groups in total. The number of amides is 1. The average molecular weight is 285 g/mol.